The van der Waals surface area contributed by atoms with E-state index in [-0.39, 0.29) is 6.10 Å². The van der Waals surface area contributed by atoms with E-state index in [1.807, 2.05) is 42.6 Å². The van der Waals surface area contributed by atoms with Gasteiger partial charge in [0, 0.05) is 42.1 Å². The molecule has 2 aromatic heterocycles. The zero-order valence-electron chi connectivity index (χ0n) is 16.9. The van der Waals surface area contributed by atoms with Gasteiger partial charge in [0.2, 0.25) is 5.88 Å². The number of aromatic nitrogens is 3. The zero-order valence-corrected chi connectivity index (χ0v) is 16.9. The summed E-state index contributed by atoms with van der Waals surface area (Å²) in [5.41, 5.74) is 0.818. The standard InChI is InChI=1S/C23H22N4O3/c1-28-20-10-18-19(11-21(20)29-2)25-14-26-23(18)27-8-7-17(13-27)30-22-9-15-5-3-4-6-16(15)12-24-22/h3-6,9-12,14,17H,7-8,13H2,1-2H3/t17-/m1/s1. The Hall–Kier alpha value is -3.61. The van der Waals surface area contributed by atoms with Gasteiger partial charge in [0.1, 0.15) is 18.2 Å². The van der Waals surface area contributed by atoms with Crippen LogP contribution in [-0.4, -0.2) is 48.4 Å². The number of nitrogens with zero attached hydrogens (tertiary/aromatic N) is 4. The quantitative estimate of drug-likeness (QED) is 0.502. The fourth-order valence-corrected chi connectivity index (χ4v) is 3.94. The van der Waals surface area contributed by atoms with Gasteiger partial charge in [0.15, 0.2) is 11.5 Å². The average molecular weight is 402 g/mol. The van der Waals surface area contributed by atoms with Crippen molar-refractivity contribution >= 4 is 27.5 Å². The Morgan fingerprint density at radius 2 is 1.73 bits per heavy atom. The molecule has 0 aliphatic carbocycles. The number of hydrogen-bond acceptors (Lipinski definition) is 7. The van der Waals surface area contributed by atoms with Crippen LogP contribution in [0.15, 0.2) is 55.0 Å². The second-order valence-electron chi connectivity index (χ2n) is 7.27. The number of hydrogen-bond donors (Lipinski definition) is 0. The monoisotopic (exact) mass is 402 g/mol. The van der Waals surface area contributed by atoms with E-state index in [4.69, 9.17) is 14.2 Å². The van der Waals surface area contributed by atoms with Gasteiger partial charge in [-0.2, -0.15) is 0 Å². The van der Waals surface area contributed by atoms with Crippen LogP contribution >= 0.6 is 0 Å². The Kier molecular flexibility index (Phi) is 4.71. The van der Waals surface area contributed by atoms with Gasteiger partial charge in [-0.1, -0.05) is 24.3 Å². The van der Waals surface area contributed by atoms with Gasteiger partial charge in [-0.05, 0) is 11.5 Å². The summed E-state index contributed by atoms with van der Waals surface area (Å²) in [7, 11) is 3.25. The first kappa shape index (κ1) is 18.4. The number of fused-ring (bicyclic) bond motifs is 2. The Bertz CT molecular complexity index is 1210. The van der Waals surface area contributed by atoms with Crippen molar-refractivity contribution in [2.75, 3.05) is 32.2 Å². The fourth-order valence-electron chi connectivity index (χ4n) is 3.94. The molecule has 0 radical (unpaired) electrons. The molecule has 1 aliphatic rings. The third kappa shape index (κ3) is 3.32. The Morgan fingerprint density at radius 1 is 0.933 bits per heavy atom. The van der Waals surface area contributed by atoms with Crippen LogP contribution in [-0.2, 0) is 0 Å². The number of ether oxygens (including phenoxy) is 3. The van der Waals surface area contributed by atoms with Crippen LogP contribution in [0.25, 0.3) is 21.7 Å². The molecule has 0 saturated carbocycles. The fraction of sp³-hybridized carbons (Fsp3) is 0.261. The molecule has 7 nitrogen and oxygen atoms in total. The molecule has 3 heterocycles. The van der Waals surface area contributed by atoms with E-state index in [0.29, 0.717) is 17.4 Å². The molecule has 1 saturated heterocycles. The van der Waals surface area contributed by atoms with E-state index in [2.05, 4.69) is 25.9 Å². The minimum Gasteiger partial charge on any atom is -0.493 e. The van der Waals surface area contributed by atoms with Crippen molar-refractivity contribution in [3.05, 3.63) is 55.0 Å². The number of methoxy groups -OCH3 is 2. The van der Waals surface area contributed by atoms with Gasteiger partial charge in [0.25, 0.3) is 0 Å². The third-order valence-electron chi connectivity index (χ3n) is 5.46. The average Bonchev–Trinajstić information content (AvgIpc) is 3.25. The highest BCUT2D eigenvalue weighted by atomic mass is 16.5. The maximum Gasteiger partial charge on any atom is 0.214 e. The Labute approximate surface area is 174 Å². The highest BCUT2D eigenvalue weighted by Crippen LogP contribution is 2.35. The van der Waals surface area contributed by atoms with Gasteiger partial charge in [-0.25, -0.2) is 15.0 Å². The number of benzene rings is 2. The van der Waals surface area contributed by atoms with Gasteiger partial charge in [0.05, 0.1) is 26.3 Å². The van der Waals surface area contributed by atoms with E-state index in [0.717, 1.165) is 47.0 Å². The molecule has 4 aromatic rings. The summed E-state index contributed by atoms with van der Waals surface area (Å²) < 4.78 is 17.1. The lowest BCUT2D eigenvalue weighted by Crippen LogP contribution is -2.25. The molecule has 0 bridgehead atoms. The maximum absolute atomic E-state index is 6.19. The molecule has 1 fully saturated rings. The van der Waals surface area contributed by atoms with Gasteiger partial charge < -0.3 is 19.1 Å². The smallest absolute Gasteiger partial charge is 0.214 e. The topological polar surface area (TPSA) is 69.6 Å². The van der Waals surface area contributed by atoms with Gasteiger partial charge in [-0.15, -0.1) is 0 Å². The number of rotatable bonds is 5. The van der Waals surface area contributed by atoms with Crippen LogP contribution < -0.4 is 19.1 Å². The Morgan fingerprint density at radius 3 is 2.57 bits per heavy atom. The van der Waals surface area contributed by atoms with Crippen LogP contribution in [0, 0.1) is 0 Å². The predicted octanol–water partition coefficient (Wildman–Crippen LogP) is 3.85. The van der Waals surface area contributed by atoms with Crippen LogP contribution in [0.3, 0.4) is 0 Å². The van der Waals surface area contributed by atoms with Gasteiger partial charge >= 0.3 is 0 Å². The summed E-state index contributed by atoms with van der Waals surface area (Å²) in [6.07, 6.45) is 4.38. The maximum atomic E-state index is 6.19. The highest BCUT2D eigenvalue weighted by Gasteiger charge is 2.27. The van der Waals surface area contributed by atoms with Crippen LogP contribution in [0.1, 0.15) is 6.42 Å². The van der Waals surface area contributed by atoms with Crippen LogP contribution in [0.5, 0.6) is 17.4 Å². The molecule has 1 aliphatic heterocycles. The van der Waals surface area contributed by atoms with Crippen LogP contribution in [0.2, 0.25) is 0 Å². The van der Waals surface area contributed by atoms with Gasteiger partial charge in [-0.3, -0.25) is 0 Å². The molecule has 0 N–H and O–H groups in total. The molecule has 1 atom stereocenters. The first-order valence-corrected chi connectivity index (χ1v) is 9.88. The number of pyridine rings is 1. The molecule has 5 rings (SSSR count). The van der Waals surface area contributed by atoms with E-state index in [9.17, 15) is 0 Å². The second kappa shape index (κ2) is 7.67. The van der Waals surface area contributed by atoms with E-state index in [1.165, 1.54) is 0 Å². The summed E-state index contributed by atoms with van der Waals surface area (Å²) >= 11 is 0. The van der Waals surface area contributed by atoms with E-state index < -0.39 is 0 Å². The van der Waals surface area contributed by atoms with E-state index >= 15 is 0 Å². The zero-order chi connectivity index (χ0) is 20.5. The van der Waals surface area contributed by atoms with Crippen molar-refractivity contribution < 1.29 is 14.2 Å². The molecule has 0 unspecified atom stereocenters. The molecule has 7 heteroatoms. The molecule has 0 spiro atoms. The van der Waals surface area contributed by atoms with Crippen molar-refractivity contribution in [1.82, 2.24) is 15.0 Å². The van der Waals surface area contributed by atoms with Crippen molar-refractivity contribution in [3.63, 3.8) is 0 Å². The Balaban J connectivity index is 1.39. The van der Waals surface area contributed by atoms with E-state index in [1.54, 1.807) is 20.5 Å². The largest absolute Gasteiger partial charge is 0.493 e. The first-order chi connectivity index (χ1) is 14.7. The lowest BCUT2D eigenvalue weighted by molar-refractivity contribution is 0.216. The summed E-state index contributed by atoms with van der Waals surface area (Å²) in [6, 6.07) is 14.0. The van der Waals surface area contributed by atoms with Crippen molar-refractivity contribution in [2.45, 2.75) is 12.5 Å². The predicted molar refractivity (Wildman–Crippen MR) is 116 cm³/mol. The summed E-state index contributed by atoms with van der Waals surface area (Å²) in [5, 5.41) is 3.16. The van der Waals surface area contributed by atoms with Crippen molar-refractivity contribution in [3.8, 4) is 17.4 Å². The first-order valence-electron chi connectivity index (χ1n) is 9.88. The van der Waals surface area contributed by atoms with Crippen molar-refractivity contribution in [2.24, 2.45) is 0 Å². The molecular formula is C23H22N4O3. The summed E-state index contributed by atoms with van der Waals surface area (Å²) in [5.74, 6) is 2.84. The second-order valence-corrected chi connectivity index (χ2v) is 7.27. The normalized spacial score (nSPS) is 16.2. The molecule has 152 valence electrons. The SMILES string of the molecule is COc1cc2ncnc(N3CC[C@@H](Oc4cc5ccccc5cn4)C3)c2cc1OC. The summed E-state index contributed by atoms with van der Waals surface area (Å²) in [4.78, 5) is 15.6. The molecule has 30 heavy (non-hydrogen) atoms. The molecule has 0 amide bonds. The number of anilines is 1. The lowest BCUT2D eigenvalue weighted by Gasteiger charge is -2.20. The minimum atomic E-state index is 0.0452. The van der Waals surface area contributed by atoms with Crippen molar-refractivity contribution in [1.29, 1.82) is 0 Å². The minimum absolute atomic E-state index is 0.0452. The molecular weight excluding hydrogens is 380 g/mol. The highest BCUT2D eigenvalue weighted by molar-refractivity contribution is 5.92. The third-order valence-corrected chi connectivity index (χ3v) is 5.46. The molecule has 2 aromatic carbocycles. The summed E-state index contributed by atoms with van der Waals surface area (Å²) in [6.45, 7) is 1.58. The lowest BCUT2D eigenvalue weighted by atomic mass is 10.2. The van der Waals surface area contributed by atoms with Crippen LogP contribution in [0.4, 0.5) is 5.82 Å².